The predicted molar refractivity (Wildman–Crippen MR) is 57.1 cm³/mol. The van der Waals surface area contributed by atoms with E-state index in [2.05, 4.69) is 0 Å². The first-order valence-electron chi connectivity index (χ1n) is 5.09. The van der Waals surface area contributed by atoms with Gasteiger partial charge in [0.1, 0.15) is 24.4 Å². The fraction of sp³-hybridized carbons (Fsp3) is 1.00. The number of hydrogen-bond donors (Lipinski definition) is 4. The molecule has 0 aromatic carbocycles. The molecule has 16 heavy (non-hydrogen) atoms. The summed E-state index contributed by atoms with van der Waals surface area (Å²) in [7, 11) is 1.78. The van der Waals surface area contributed by atoms with Gasteiger partial charge in [-0.25, -0.2) is 0 Å². The maximum atomic E-state index is 9.64. The molecule has 0 bridgehead atoms. The zero-order valence-corrected chi connectivity index (χ0v) is 9.79. The number of likely N-dealkylation sites (N-methyl/N-ethyl adjacent to an activating group) is 1. The van der Waals surface area contributed by atoms with Crippen LogP contribution in [0.25, 0.3) is 0 Å². The van der Waals surface area contributed by atoms with E-state index in [9.17, 15) is 20.4 Å². The third-order valence-corrected chi connectivity index (χ3v) is 2.81. The van der Waals surface area contributed by atoms with E-state index >= 15 is 0 Å². The highest BCUT2D eigenvalue weighted by molar-refractivity contribution is 6.18. The molecule has 0 saturated carbocycles. The Morgan fingerprint density at radius 3 is 2.31 bits per heavy atom. The summed E-state index contributed by atoms with van der Waals surface area (Å²) in [6.07, 6.45) is -6.34. The Morgan fingerprint density at radius 2 is 1.75 bits per heavy atom. The van der Waals surface area contributed by atoms with Crippen LogP contribution < -0.4 is 0 Å². The van der Waals surface area contributed by atoms with Crippen molar-refractivity contribution in [1.29, 1.82) is 0 Å². The van der Waals surface area contributed by atoms with Crippen LogP contribution in [0, 0.1) is 0 Å². The number of halogens is 1. The van der Waals surface area contributed by atoms with Crippen LogP contribution in [0.3, 0.4) is 0 Å². The summed E-state index contributed by atoms with van der Waals surface area (Å²) >= 11 is 5.55. The van der Waals surface area contributed by atoms with Crippen molar-refractivity contribution < 1.29 is 25.2 Å². The number of rotatable bonds is 4. The molecular formula is C9H18ClNO5. The lowest BCUT2D eigenvalue weighted by molar-refractivity contribution is -0.283. The van der Waals surface area contributed by atoms with Gasteiger partial charge in [0, 0.05) is 19.0 Å². The normalized spacial score (nSPS) is 40.3. The summed E-state index contributed by atoms with van der Waals surface area (Å²) in [5, 5.41) is 37.6. The van der Waals surface area contributed by atoms with E-state index in [0.29, 0.717) is 19.0 Å². The van der Waals surface area contributed by atoms with Gasteiger partial charge < -0.3 is 30.1 Å². The van der Waals surface area contributed by atoms with E-state index in [-0.39, 0.29) is 0 Å². The van der Waals surface area contributed by atoms with Gasteiger partial charge in [-0.3, -0.25) is 0 Å². The van der Waals surface area contributed by atoms with Gasteiger partial charge >= 0.3 is 0 Å². The molecule has 4 N–H and O–H groups in total. The van der Waals surface area contributed by atoms with Crippen molar-refractivity contribution in [1.82, 2.24) is 4.90 Å². The Morgan fingerprint density at radius 1 is 1.12 bits per heavy atom. The summed E-state index contributed by atoms with van der Waals surface area (Å²) in [5.41, 5.74) is 0. The van der Waals surface area contributed by atoms with E-state index in [1.165, 1.54) is 0 Å². The number of nitrogens with zero attached hydrogens (tertiary/aromatic N) is 1. The molecule has 1 aliphatic rings. The minimum absolute atomic E-state index is 0.314. The van der Waals surface area contributed by atoms with Gasteiger partial charge in [-0.15, -0.1) is 11.6 Å². The van der Waals surface area contributed by atoms with E-state index in [4.69, 9.17) is 16.3 Å². The molecule has 0 amide bonds. The smallest absolute Gasteiger partial charge is 0.184 e. The lowest BCUT2D eigenvalue weighted by Gasteiger charge is -2.39. The fourth-order valence-corrected chi connectivity index (χ4v) is 1.91. The van der Waals surface area contributed by atoms with Crippen molar-refractivity contribution in [3.05, 3.63) is 0 Å². The fourth-order valence-electron chi connectivity index (χ4n) is 1.62. The van der Waals surface area contributed by atoms with Crippen molar-refractivity contribution in [3.8, 4) is 0 Å². The first-order valence-corrected chi connectivity index (χ1v) is 5.63. The number of aliphatic hydroxyl groups excluding tert-OH is 4. The van der Waals surface area contributed by atoms with Crippen molar-refractivity contribution in [3.63, 3.8) is 0 Å². The van der Waals surface area contributed by atoms with Crippen molar-refractivity contribution in [2.75, 3.05) is 26.0 Å². The zero-order chi connectivity index (χ0) is 12.3. The van der Waals surface area contributed by atoms with Gasteiger partial charge in [0.25, 0.3) is 0 Å². The van der Waals surface area contributed by atoms with Gasteiger partial charge in [-0.2, -0.15) is 0 Å². The Hall–Kier alpha value is 0.0500. The highest BCUT2D eigenvalue weighted by Crippen LogP contribution is 2.20. The number of hydrogen-bond acceptors (Lipinski definition) is 6. The summed E-state index contributed by atoms with van der Waals surface area (Å²) in [4.78, 5) is 1.80. The van der Waals surface area contributed by atoms with E-state index < -0.39 is 30.7 Å². The lowest BCUT2D eigenvalue weighted by atomic mass is 9.99. The summed E-state index contributed by atoms with van der Waals surface area (Å²) in [5.74, 6) is 0.438. The second-order valence-electron chi connectivity index (χ2n) is 3.99. The molecule has 0 spiro atoms. The van der Waals surface area contributed by atoms with Gasteiger partial charge in [-0.1, -0.05) is 0 Å². The molecule has 1 heterocycles. The highest BCUT2D eigenvalue weighted by Gasteiger charge is 2.43. The molecular weight excluding hydrogens is 238 g/mol. The SMILES string of the molecule is CN(CCCl)CC1OC(O)C(O)C(O)C1O. The van der Waals surface area contributed by atoms with Crippen LogP contribution in [0.1, 0.15) is 0 Å². The first kappa shape index (κ1) is 14.1. The molecule has 1 rings (SSSR count). The van der Waals surface area contributed by atoms with Gasteiger partial charge in [-0.05, 0) is 7.05 Å². The monoisotopic (exact) mass is 255 g/mol. The van der Waals surface area contributed by atoms with Crippen molar-refractivity contribution in [2.45, 2.75) is 30.7 Å². The second-order valence-corrected chi connectivity index (χ2v) is 4.37. The lowest BCUT2D eigenvalue weighted by Crippen LogP contribution is -2.59. The van der Waals surface area contributed by atoms with Crippen LogP contribution in [-0.4, -0.2) is 82.0 Å². The Bertz CT molecular complexity index is 220. The minimum atomic E-state index is -1.48. The molecule has 0 aromatic rings. The van der Waals surface area contributed by atoms with Crippen LogP contribution in [0.2, 0.25) is 0 Å². The Kier molecular flexibility index (Phi) is 5.39. The zero-order valence-electron chi connectivity index (χ0n) is 9.03. The number of ether oxygens (including phenoxy) is 1. The molecule has 0 aromatic heterocycles. The molecule has 0 radical (unpaired) electrons. The number of aliphatic hydroxyl groups is 4. The van der Waals surface area contributed by atoms with Crippen molar-refractivity contribution in [2.24, 2.45) is 0 Å². The number of alkyl halides is 1. The van der Waals surface area contributed by atoms with Crippen LogP contribution in [0.4, 0.5) is 0 Å². The largest absolute Gasteiger partial charge is 0.388 e. The quantitative estimate of drug-likeness (QED) is 0.433. The van der Waals surface area contributed by atoms with Gasteiger partial charge in [0.05, 0.1) is 0 Å². The summed E-state index contributed by atoms with van der Waals surface area (Å²) in [6, 6.07) is 0. The minimum Gasteiger partial charge on any atom is -0.388 e. The topological polar surface area (TPSA) is 93.4 Å². The average molecular weight is 256 g/mol. The van der Waals surface area contributed by atoms with Crippen molar-refractivity contribution >= 4 is 11.6 Å². The molecule has 7 heteroatoms. The third kappa shape index (κ3) is 3.27. The molecule has 96 valence electrons. The predicted octanol–water partition coefficient (Wildman–Crippen LogP) is -2.04. The third-order valence-electron chi connectivity index (χ3n) is 2.64. The maximum absolute atomic E-state index is 9.64. The van der Waals surface area contributed by atoms with E-state index in [0.717, 1.165) is 0 Å². The maximum Gasteiger partial charge on any atom is 0.184 e. The van der Waals surface area contributed by atoms with Gasteiger partial charge in [0.2, 0.25) is 0 Å². The molecule has 1 fully saturated rings. The summed E-state index contributed by atoms with van der Waals surface area (Å²) in [6.45, 7) is 0.914. The summed E-state index contributed by atoms with van der Waals surface area (Å²) < 4.78 is 5.01. The second kappa shape index (κ2) is 6.11. The first-order chi connectivity index (χ1) is 7.47. The molecule has 5 unspecified atom stereocenters. The molecule has 6 nitrogen and oxygen atoms in total. The van der Waals surface area contributed by atoms with E-state index in [1.54, 1.807) is 11.9 Å². The standard InChI is InChI=1S/C9H18ClNO5/c1-11(3-2-10)4-5-6(12)7(13)8(14)9(15)16-5/h5-9,12-15H,2-4H2,1H3. The molecule has 1 aliphatic heterocycles. The Balaban J connectivity index is 2.53. The Labute approximate surface area is 99.0 Å². The van der Waals surface area contributed by atoms with Crippen LogP contribution in [0.15, 0.2) is 0 Å². The molecule has 5 atom stereocenters. The highest BCUT2D eigenvalue weighted by atomic mass is 35.5. The molecule has 1 saturated heterocycles. The van der Waals surface area contributed by atoms with Crippen LogP contribution >= 0.6 is 11.6 Å². The van der Waals surface area contributed by atoms with Gasteiger partial charge in [0.15, 0.2) is 6.29 Å². The van der Waals surface area contributed by atoms with Crippen LogP contribution in [0.5, 0.6) is 0 Å². The average Bonchev–Trinajstić information content (AvgIpc) is 2.23. The van der Waals surface area contributed by atoms with E-state index in [1.807, 2.05) is 0 Å². The van der Waals surface area contributed by atoms with Crippen LogP contribution in [-0.2, 0) is 4.74 Å². The molecule has 0 aliphatic carbocycles.